The van der Waals surface area contributed by atoms with Gasteiger partial charge in [-0.05, 0) is 13.3 Å². The normalized spacial score (nSPS) is 19.4. The fraction of sp³-hybridized carbons (Fsp3) is 0.615. The van der Waals surface area contributed by atoms with E-state index in [9.17, 15) is 13.2 Å². The molecule has 1 amide bonds. The number of amides is 1. The third-order valence-electron chi connectivity index (χ3n) is 3.43. The number of carbonyl (C=O) groups excluding carboxylic acids is 1. The second kappa shape index (κ2) is 8.11. The Balaban J connectivity index is 1.87. The number of nitrogens with zero attached hydrogens (tertiary/aromatic N) is 3. The van der Waals surface area contributed by atoms with Crippen LogP contribution in [0.3, 0.4) is 0 Å². The minimum absolute atomic E-state index is 0.0598. The lowest BCUT2D eigenvalue weighted by Gasteiger charge is -2.26. The molecular formula is C13H20N4O3S3. The number of hydrogen-bond donors (Lipinski definition) is 1. The van der Waals surface area contributed by atoms with Crippen molar-refractivity contribution in [3.63, 3.8) is 0 Å². The van der Waals surface area contributed by atoms with Gasteiger partial charge >= 0.3 is 0 Å². The molecule has 1 aromatic rings. The zero-order chi connectivity index (χ0) is 16.9. The van der Waals surface area contributed by atoms with Crippen molar-refractivity contribution < 1.29 is 13.2 Å². The van der Waals surface area contributed by atoms with Gasteiger partial charge in [0.2, 0.25) is 11.0 Å². The van der Waals surface area contributed by atoms with E-state index in [1.54, 1.807) is 11.0 Å². The van der Waals surface area contributed by atoms with E-state index in [1.165, 1.54) is 23.1 Å². The summed E-state index contributed by atoms with van der Waals surface area (Å²) in [4.78, 5) is 14.0. The molecule has 0 bridgehead atoms. The Labute approximate surface area is 144 Å². The zero-order valence-corrected chi connectivity index (χ0v) is 15.3. The maximum atomic E-state index is 12.4. The van der Waals surface area contributed by atoms with Gasteiger partial charge in [-0.1, -0.05) is 29.2 Å². The SMILES string of the molecule is C=CCNc1nnc(SCC(=O)N(CC)[C@@H]2CCS(=O)(=O)C2)s1. The van der Waals surface area contributed by atoms with Gasteiger partial charge in [0.1, 0.15) is 0 Å². The highest BCUT2D eigenvalue weighted by atomic mass is 32.2. The van der Waals surface area contributed by atoms with Crippen LogP contribution in [0, 0.1) is 0 Å². The molecule has 2 rings (SSSR count). The fourth-order valence-corrected chi connectivity index (χ4v) is 5.74. The molecule has 0 aliphatic carbocycles. The average Bonchev–Trinajstić information content (AvgIpc) is 3.10. The molecule has 1 aliphatic heterocycles. The van der Waals surface area contributed by atoms with Gasteiger partial charge in [-0.3, -0.25) is 4.79 Å². The predicted octanol–water partition coefficient (Wildman–Crippen LogP) is 1.26. The lowest BCUT2D eigenvalue weighted by atomic mass is 10.2. The first-order valence-corrected chi connectivity index (χ1v) is 10.9. The van der Waals surface area contributed by atoms with Crippen LogP contribution < -0.4 is 5.32 Å². The molecule has 0 spiro atoms. The van der Waals surface area contributed by atoms with Crippen molar-refractivity contribution in [2.24, 2.45) is 0 Å². The lowest BCUT2D eigenvalue weighted by Crippen LogP contribution is -2.41. The molecule has 0 aromatic carbocycles. The maximum Gasteiger partial charge on any atom is 0.233 e. The van der Waals surface area contributed by atoms with Crippen LogP contribution in [0.1, 0.15) is 13.3 Å². The summed E-state index contributed by atoms with van der Waals surface area (Å²) in [6, 6.07) is -0.197. The van der Waals surface area contributed by atoms with Crippen LogP contribution >= 0.6 is 23.1 Å². The smallest absolute Gasteiger partial charge is 0.233 e. The number of nitrogens with one attached hydrogen (secondary N) is 1. The molecule has 1 fully saturated rings. The molecule has 128 valence electrons. The third-order valence-corrected chi connectivity index (χ3v) is 7.18. The number of aromatic nitrogens is 2. The van der Waals surface area contributed by atoms with Gasteiger partial charge in [-0.2, -0.15) is 0 Å². The first kappa shape index (κ1) is 18.2. The summed E-state index contributed by atoms with van der Waals surface area (Å²) >= 11 is 2.70. The van der Waals surface area contributed by atoms with E-state index in [1.807, 2.05) is 6.92 Å². The highest BCUT2D eigenvalue weighted by Gasteiger charge is 2.33. The molecule has 7 nitrogen and oxygen atoms in total. The van der Waals surface area contributed by atoms with Crippen molar-refractivity contribution >= 4 is 44.0 Å². The quantitative estimate of drug-likeness (QED) is 0.539. The first-order valence-electron chi connectivity index (χ1n) is 7.26. The van der Waals surface area contributed by atoms with E-state index in [-0.39, 0.29) is 29.2 Å². The number of carbonyl (C=O) groups is 1. The molecular weight excluding hydrogens is 356 g/mol. The fourth-order valence-electron chi connectivity index (χ4n) is 2.36. The summed E-state index contributed by atoms with van der Waals surface area (Å²) < 4.78 is 23.9. The summed E-state index contributed by atoms with van der Waals surface area (Å²) in [5.74, 6) is 0.422. The van der Waals surface area contributed by atoms with Gasteiger partial charge < -0.3 is 10.2 Å². The Morgan fingerprint density at radius 1 is 1.57 bits per heavy atom. The molecule has 0 saturated carbocycles. The van der Waals surface area contributed by atoms with Gasteiger partial charge in [-0.15, -0.1) is 16.8 Å². The maximum absolute atomic E-state index is 12.4. The highest BCUT2D eigenvalue weighted by Crippen LogP contribution is 2.26. The molecule has 2 heterocycles. The Morgan fingerprint density at radius 2 is 2.35 bits per heavy atom. The Kier molecular flexibility index (Phi) is 6.42. The number of anilines is 1. The minimum Gasteiger partial charge on any atom is -0.357 e. The van der Waals surface area contributed by atoms with Crippen LogP contribution in [-0.4, -0.2) is 65.8 Å². The van der Waals surface area contributed by atoms with E-state index in [2.05, 4.69) is 22.1 Å². The molecule has 1 atom stereocenters. The Morgan fingerprint density at radius 3 is 2.96 bits per heavy atom. The third kappa shape index (κ3) is 5.18. The van der Waals surface area contributed by atoms with E-state index in [0.29, 0.717) is 29.0 Å². The molecule has 1 saturated heterocycles. The second-order valence-electron chi connectivity index (χ2n) is 5.07. The molecule has 10 heteroatoms. The van der Waals surface area contributed by atoms with Crippen LogP contribution in [0.25, 0.3) is 0 Å². The minimum atomic E-state index is -2.99. The van der Waals surface area contributed by atoms with Crippen molar-refractivity contribution in [3.8, 4) is 0 Å². The topological polar surface area (TPSA) is 92.3 Å². The molecule has 1 N–H and O–H groups in total. The standard InChI is InChI=1S/C13H20N4O3S3/c1-3-6-14-12-15-16-13(22-12)21-8-11(18)17(4-2)10-5-7-23(19,20)9-10/h3,10H,1,4-9H2,2H3,(H,14,15)/t10-/m1/s1. The summed E-state index contributed by atoms with van der Waals surface area (Å²) in [5, 5.41) is 11.7. The number of thioether (sulfide) groups is 1. The number of rotatable bonds is 8. The Bertz CT molecular complexity index is 659. The molecule has 23 heavy (non-hydrogen) atoms. The molecule has 1 aliphatic rings. The molecule has 1 aromatic heterocycles. The van der Waals surface area contributed by atoms with Crippen molar-refractivity contribution in [1.82, 2.24) is 15.1 Å². The van der Waals surface area contributed by atoms with Crippen molar-refractivity contribution in [1.29, 1.82) is 0 Å². The van der Waals surface area contributed by atoms with Crippen LogP contribution in [0.4, 0.5) is 5.13 Å². The lowest BCUT2D eigenvalue weighted by molar-refractivity contribution is -0.129. The summed E-state index contributed by atoms with van der Waals surface area (Å²) in [5.41, 5.74) is 0. The van der Waals surface area contributed by atoms with Crippen molar-refractivity contribution in [2.75, 3.05) is 35.7 Å². The highest BCUT2D eigenvalue weighted by molar-refractivity contribution is 8.01. The first-order chi connectivity index (χ1) is 10.9. The zero-order valence-electron chi connectivity index (χ0n) is 12.9. The molecule has 0 radical (unpaired) electrons. The van der Waals surface area contributed by atoms with Crippen molar-refractivity contribution in [2.45, 2.75) is 23.7 Å². The van der Waals surface area contributed by atoms with Gasteiger partial charge in [0.15, 0.2) is 14.2 Å². The molecule has 0 unspecified atom stereocenters. The second-order valence-corrected chi connectivity index (χ2v) is 9.50. The Hall–Kier alpha value is -1.13. The van der Waals surface area contributed by atoms with Gasteiger partial charge in [0, 0.05) is 19.1 Å². The largest absolute Gasteiger partial charge is 0.357 e. The van der Waals surface area contributed by atoms with E-state index in [0.717, 1.165) is 0 Å². The summed E-state index contributed by atoms with van der Waals surface area (Å²) in [6.45, 7) is 6.61. The van der Waals surface area contributed by atoms with Crippen LogP contribution in [0.15, 0.2) is 17.0 Å². The van der Waals surface area contributed by atoms with Crippen LogP contribution in [0.2, 0.25) is 0 Å². The predicted molar refractivity (Wildman–Crippen MR) is 93.8 cm³/mol. The summed E-state index contributed by atoms with van der Waals surface area (Å²) in [6.07, 6.45) is 2.26. The van der Waals surface area contributed by atoms with E-state index < -0.39 is 9.84 Å². The van der Waals surface area contributed by atoms with E-state index >= 15 is 0 Å². The monoisotopic (exact) mass is 376 g/mol. The summed E-state index contributed by atoms with van der Waals surface area (Å²) in [7, 11) is -2.99. The van der Waals surface area contributed by atoms with Gasteiger partial charge in [-0.25, -0.2) is 8.42 Å². The van der Waals surface area contributed by atoms with Crippen LogP contribution in [0.5, 0.6) is 0 Å². The van der Waals surface area contributed by atoms with Gasteiger partial charge in [0.25, 0.3) is 0 Å². The van der Waals surface area contributed by atoms with E-state index in [4.69, 9.17) is 0 Å². The number of sulfone groups is 1. The average molecular weight is 377 g/mol. The van der Waals surface area contributed by atoms with Crippen LogP contribution in [-0.2, 0) is 14.6 Å². The van der Waals surface area contributed by atoms with Gasteiger partial charge in [0.05, 0.1) is 17.3 Å². The number of hydrogen-bond acceptors (Lipinski definition) is 8. The van der Waals surface area contributed by atoms with Crippen molar-refractivity contribution in [3.05, 3.63) is 12.7 Å².